The van der Waals surface area contributed by atoms with Crippen LogP contribution < -0.4 is 0 Å². The van der Waals surface area contributed by atoms with Crippen LogP contribution in [0.5, 0.6) is 0 Å². The molecule has 0 aliphatic carbocycles. The van der Waals surface area contributed by atoms with E-state index >= 15 is 0 Å². The van der Waals surface area contributed by atoms with Crippen LogP contribution in [0.15, 0.2) is 185 Å². The molecule has 0 N–H and O–H groups in total. The first-order valence-electron chi connectivity index (χ1n) is 18.0. The van der Waals surface area contributed by atoms with Crippen LogP contribution in [-0.4, -0.2) is 15.0 Å². The molecule has 0 unspecified atom stereocenters. The quantitative estimate of drug-likeness (QED) is 0.180. The summed E-state index contributed by atoms with van der Waals surface area (Å²) in [5, 5.41) is 6.48. The summed E-state index contributed by atoms with van der Waals surface area (Å²) in [5.41, 5.74) is 10.3. The molecule has 0 atom stereocenters. The third kappa shape index (κ3) is 4.98. The second-order valence-electron chi connectivity index (χ2n) is 13.6. The van der Waals surface area contributed by atoms with Gasteiger partial charge in [-0.3, -0.25) is 0 Å². The maximum absolute atomic E-state index is 6.61. The van der Waals surface area contributed by atoms with Crippen LogP contribution in [0.2, 0.25) is 0 Å². The number of benzene rings is 8. The fourth-order valence-corrected chi connectivity index (χ4v) is 7.71. The highest BCUT2D eigenvalue weighted by atomic mass is 16.3. The van der Waals surface area contributed by atoms with E-state index in [4.69, 9.17) is 23.8 Å². The molecule has 11 aromatic rings. The third-order valence-electron chi connectivity index (χ3n) is 10.3. The van der Waals surface area contributed by atoms with E-state index in [1.165, 1.54) is 0 Å². The Kier molecular flexibility index (Phi) is 6.79. The van der Waals surface area contributed by atoms with Gasteiger partial charge in [0.25, 0.3) is 0 Å². The van der Waals surface area contributed by atoms with E-state index in [1.807, 2.05) is 66.7 Å². The predicted molar refractivity (Wildman–Crippen MR) is 219 cm³/mol. The molecule has 5 heteroatoms. The van der Waals surface area contributed by atoms with Gasteiger partial charge in [-0.1, -0.05) is 127 Å². The van der Waals surface area contributed by atoms with E-state index in [1.54, 1.807) is 0 Å². The summed E-state index contributed by atoms with van der Waals surface area (Å²) in [6.45, 7) is 0. The standard InChI is InChI=1S/C49H29N3O2/c1-3-12-30(13-4-1)34-26-35(33-23-24-38-39-25-22-31-14-7-8-17-37(31)46(39)54-44(38)29-33)28-36(27-34)48-50-47(32-15-5-2-6-16-32)51-49(52-48)41-19-11-21-43-45(41)40-18-9-10-20-42(40)53-43/h1-29H. The lowest BCUT2D eigenvalue weighted by Crippen LogP contribution is -2.01. The molecule has 54 heavy (non-hydrogen) atoms. The topological polar surface area (TPSA) is 65.0 Å². The van der Waals surface area contributed by atoms with Crippen molar-refractivity contribution >= 4 is 54.6 Å². The van der Waals surface area contributed by atoms with Crippen molar-refractivity contribution in [3.8, 4) is 56.4 Å². The molecular weight excluding hydrogens is 663 g/mol. The average Bonchev–Trinajstić information content (AvgIpc) is 3.82. The van der Waals surface area contributed by atoms with Crippen LogP contribution in [0, 0.1) is 0 Å². The minimum atomic E-state index is 0.582. The highest BCUT2D eigenvalue weighted by Crippen LogP contribution is 2.40. The molecule has 8 aromatic carbocycles. The summed E-state index contributed by atoms with van der Waals surface area (Å²) in [5.74, 6) is 1.76. The van der Waals surface area contributed by atoms with Crippen molar-refractivity contribution in [2.75, 3.05) is 0 Å². The van der Waals surface area contributed by atoms with Gasteiger partial charge in [-0.2, -0.15) is 0 Å². The molecule has 0 aliphatic heterocycles. The highest BCUT2D eigenvalue weighted by Gasteiger charge is 2.19. The van der Waals surface area contributed by atoms with Crippen LogP contribution in [0.25, 0.3) is 111 Å². The molecule has 0 fully saturated rings. The summed E-state index contributed by atoms with van der Waals surface area (Å²) in [6.07, 6.45) is 0. The van der Waals surface area contributed by atoms with Gasteiger partial charge in [-0.05, 0) is 76.2 Å². The molecule has 5 nitrogen and oxygen atoms in total. The fraction of sp³-hybridized carbons (Fsp3) is 0. The number of aromatic nitrogens is 3. The minimum Gasteiger partial charge on any atom is -0.456 e. The van der Waals surface area contributed by atoms with E-state index < -0.39 is 0 Å². The van der Waals surface area contributed by atoms with Gasteiger partial charge >= 0.3 is 0 Å². The van der Waals surface area contributed by atoms with Gasteiger partial charge in [0, 0.05) is 43.6 Å². The number of hydrogen-bond donors (Lipinski definition) is 0. The molecule has 0 saturated carbocycles. The van der Waals surface area contributed by atoms with Crippen LogP contribution in [0.3, 0.4) is 0 Å². The van der Waals surface area contributed by atoms with Crippen molar-refractivity contribution in [1.82, 2.24) is 15.0 Å². The molecule has 0 aliphatic rings. The number of fused-ring (bicyclic) bond motifs is 8. The first-order chi connectivity index (χ1) is 26.7. The Morgan fingerprint density at radius 2 is 0.944 bits per heavy atom. The lowest BCUT2D eigenvalue weighted by atomic mass is 9.95. The Balaban J connectivity index is 1.14. The molecule has 0 bridgehead atoms. The van der Waals surface area contributed by atoms with Crippen molar-refractivity contribution in [3.63, 3.8) is 0 Å². The predicted octanol–water partition coefficient (Wildman–Crippen LogP) is 13.2. The Hall–Kier alpha value is -7.37. The van der Waals surface area contributed by atoms with Crippen LogP contribution in [0.4, 0.5) is 0 Å². The molecule has 0 saturated heterocycles. The molecule has 3 heterocycles. The molecule has 252 valence electrons. The normalized spacial score (nSPS) is 11.7. The maximum atomic E-state index is 6.61. The van der Waals surface area contributed by atoms with E-state index in [-0.39, 0.29) is 0 Å². The SMILES string of the molecule is c1ccc(-c2cc(-c3ccc4c(c3)oc3c5ccccc5ccc43)cc(-c3nc(-c4ccccc4)nc(-c4cccc5oc6ccccc6c45)n3)c2)cc1. The molecule has 0 spiro atoms. The zero-order chi connectivity index (χ0) is 35.6. The zero-order valence-electron chi connectivity index (χ0n) is 28.9. The molecule has 0 amide bonds. The minimum absolute atomic E-state index is 0.582. The molecule has 0 radical (unpaired) electrons. The summed E-state index contributed by atoms with van der Waals surface area (Å²) in [4.78, 5) is 15.5. The van der Waals surface area contributed by atoms with E-state index in [0.29, 0.717) is 17.5 Å². The number of rotatable bonds is 5. The first-order valence-corrected chi connectivity index (χ1v) is 18.0. The Labute approximate surface area is 309 Å². The van der Waals surface area contributed by atoms with Crippen LogP contribution in [-0.2, 0) is 0 Å². The fourth-order valence-electron chi connectivity index (χ4n) is 7.71. The Bertz CT molecular complexity index is 3220. The monoisotopic (exact) mass is 691 g/mol. The number of para-hydroxylation sites is 1. The van der Waals surface area contributed by atoms with Crippen LogP contribution >= 0.6 is 0 Å². The van der Waals surface area contributed by atoms with Crippen LogP contribution in [0.1, 0.15) is 0 Å². The van der Waals surface area contributed by atoms with E-state index in [0.717, 1.165) is 93.6 Å². The number of furan rings is 2. The lowest BCUT2D eigenvalue weighted by Gasteiger charge is -2.13. The van der Waals surface area contributed by atoms with E-state index in [9.17, 15) is 0 Å². The van der Waals surface area contributed by atoms with Crippen molar-refractivity contribution in [1.29, 1.82) is 0 Å². The summed E-state index contributed by atoms with van der Waals surface area (Å²) in [6, 6.07) is 60.5. The van der Waals surface area contributed by atoms with Gasteiger partial charge in [0.2, 0.25) is 0 Å². The average molecular weight is 692 g/mol. The van der Waals surface area contributed by atoms with Crippen molar-refractivity contribution in [2.24, 2.45) is 0 Å². The second-order valence-corrected chi connectivity index (χ2v) is 13.6. The van der Waals surface area contributed by atoms with Crippen molar-refractivity contribution < 1.29 is 8.83 Å². The van der Waals surface area contributed by atoms with Gasteiger partial charge in [-0.15, -0.1) is 0 Å². The second kappa shape index (κ2) is 12.1. The largest absolute Gasteiger partial charge is 0.456 e. The summed E-state index contributed by atoms with van der Waals surface area (Å²) in [7, 11) is 0. The van der Waals surface area contributed by atoms with Crippen molar-refractivity contribution in [2.45, 2.75) is 0 Å². The van der Waals surface area contributed by atoms with Gasteiger partial charge in [-0.25, -0.2) is 15.0 Å². The Morgan fingerprint density at radius 3 is 1.78 bits per heavy atom. The molecule has 11 rings (SSSR count). The molecule has 3 aromatic heterocycles. The highest BCUT2D eigenvalue weighted by molar-refractivity contribution is 6.15. The van der Waals surface area contributed by atoms with E-state index in [2.05, 4.69) is 109 Å². The Morgan fingerprint density at radius 1 is 0.315 bits per heavy atom. The van der Waals surface area contributed by atoms with Crippen molar-refractivity contribution in [3.05, 3.63) is 176 Å². The van der Waals surface area contributed by atoms with Gasteiger partial charge in [0.15, 0.2) is 17.5 Å². The zero-order valence-corrected chi connectivity index (χ0v) is 28.9. The molecular formula is C49H29N3O2. The van der Waals surface area contributed by atoms with Gasteiger partial charge in [0.1, 0.15) is 22.3 Å². The van der Waals surface area contributed by atoms with Gasteiger partial charge < -0.3 is 8.83 Å². The smallest absolute Gasteiger partial charge is 0.164 e. The van der Waals surface area contributed by atoms with Gasteiger partial charge in [0.05, 0.1) is 0 Å². The summed E-state index contributed by atoms with van der Waals surface area (Å²) >= 11 is 0. The number of hydrogen-bond acceptors (Lipinski definition) is 5. The third-order valence-corrected chi connectivity index (χ3v) is 10.3. The number of nitrogens with zero attached hydrogens (tertiary/aromatic N) is 3. The lowest BCUT2D eigenvalue weighted by molar-refractivity contribution is 0.669. The first kappa shape index (κ1) is 30.3. The summed E-state index contributed by atoms with van der Waals surface area (Å²) < 4.78 is 12.9. The maximum Gasteiger partial charge on any atom is 0.164 e.